The van der Waals surface area contributed by atoms with E-state index >= 15 is 0 Å². The first kappa shape index (κ1) is 15.9. The van der Waals surface area contributed by atoms with Crippen molar-refractivity contribution in [2.45, 2.75) is 37.8 Å². The summed E-state index contributed by atoms with van der Waals surface area (Å²) < 4.78 is 6.46. The van der Waals surface area contributed by atoms with Gasteiger partial charge in [-0.1, -0.05) is 18.2 Å². The second-order valence-corrected chi connectivity index (χ2v) is 6.98. The molecule has 0 aliphatic carbocycles. The van der Waals surface area contributed by atoms with Crippen LogP contribution in [0.4, 0.5) is 5.69 Å². The third kappa shape index (κ3) is 3.18. The molecule has 1 saturated heterocycles. The normalized spacial score (nSPS) is 21.3. The molecule has 5 nitrogen and oxygen atoms in total. The lowest BCUT2D eigenvalue weighted by Gasteiger charge is -2.47. The Morgan fingerprint density at radius 2 is 2.04 bits per heavy atom. The standard InChI is InChI=1S/C20H23N3O2/c1-15(24)22-18-13-20(25-19-7-3-2-6-17(18)19)8-11-23(12-9-20)16-5-4-10-21-14-16/h2-7,10,14,18H,8-9,11-13H2,1H3,(H,22,24). The Kier molecular flexibility index (Phi) is 4.07. The quantitative estimate of drug-likeness (QED) is 0.915. The number of piperidine rings is 1. The molecule has 1 spiro atoms. The van der Waals surface area contributed by atoms with Crippen molar-refractivity contribution in [3.05, 3.63) is 54.4 Å². The topological polar surface area (TPSA) is 54.5 Å². The molecular weight excluding hydrogens is 314 g/mol. The number of rotatable bonds is 2. The molecule has 2 aliphatic heterocycles. The average Bonchev–Trinajstić information content (AvgIpc) is 2.63. The van der Waals surface area contributed by atoms with E-state index in [-0.39, 0.29) is 17.6 Å². The van der Waals surface area contributed by atoms with Crippen molar-refractivity contribution in [3.8, 4) is 5.75 Å². The average molecular weight is 337 g/mol. The fourth-order valence-electron chi connectivity index (χ4n) is 4.01. The van der Waals surface area contributed by atoms with Crippen molar-refractivity contribution in [3.63, 3.8) is 0 Å². The van der Waals surface area contributed by atoms with Crippen LogP contribution < -0.4 is 15.0 Å². The van der Waals surface area contributed by atoms with Crippen LogP contribution >= 0.6 is 0 Å². The predicted octanol–water partition coefficient (Wildman–Crippen LogP) is 3.08. The maximum atomic E-state index is 11.7. The van der Waals surface area contributed by atoms with E-state index in [1.54, 1.807) is 13.1 Å². The third-order valence-electron chi connectivity index (χ3n) is 5.26. The number of anilines is 1. The molecule has 0 bridgehead atoms. The highest BCUT2D eigenvalue weighted by Crippen LogP contribution is 2.44. The number of nitrogens with zero attached hydrogens (tertiary/aromatic N) is 2. The van der Waals surface area contributed by atoms with Gasteiger partial charge in [0, 0.05) is 51.0 Å². The van der Waals surface area contributed by atoms with E-state index in [0.717, 1.165) is 49.4 Å². The summed E-state index contributed by atoms with van der Waals surface area (Å²) in [5.74, 6) is 0.909. The van der Waals surface area contributed by atoms with Gasteiger partial charge in [-0.15, -0.1) is 0 Å². The minimum absolute atomic E-state index is 0.00430. The van der Waals surface area contributed by atoms with Crippen LogP contribution in [0.15, 0.2) is 48.8 Å². The smallest absolute Gasteiger partial charge is 0.217 e. The summed E-state index contributed by atoms with van der Waals surface area (Å²) in [6.45, 7) is 3.44. The van der Waals surface area contributed by atoms with Gasteiger partial charge in [0.15, 0.2) is 0 Å². The van der Waals surface area contributed by atoms with Gasteiger partial charge in [-0.25, -0.2) is 0 Å². The molecule has 1 N–H and O–H groups in total. The van der Waals surface area contributed by atoms with Gasteiger partial charge in [0.05, 0.1) is 17.9 Å². The summed E-state index contributed by atoms with van der Waals surface area (Å²) in [6.07, 6.45) is 6.41. The highest BCUT2D eigenvalue weighted by atomic mass is 16.5. The maximum absolute atomic E-state index is 11.7. The van der Waals surface area contributed by atoms with Gasteiger partial charge in [0.1, 0.15) is 11.4 Å². The summed E-state index contributed by atoms with van der Waals surface area (Å²) in [4.78, 5) is 18.2. The molecule has 1 amide bonds. The zero-order valence-electron chi connectivity index (χ0n) is 14.4. The highest BCUT2D eigenvalue weighted by molar-refractivity contribution is 5.73. The van der Waals surface area contributed by atoms with Gasteiger partial charge in [-0.2, -0.15) is 0 Å². The molecule has 0 radical (unpaired) electrons. The van der Waals surface area contributed by atoms with Crippen LogP contribution in [0.1, 0.15) is 37.8 Å². The van der Waals surface area contributed by atoms with Crippen LogP contribution in [0.3, 0.4) is 0 Å². The summed E-state index contributed by atoms with van der Waals surface area (Å²) in [6, 6.07) is 12.1. The van der Waals surface area contributed by atoms with Crippen molar-refractivity contribution in [2.75, 3.05) is 18.0 Å². The van der Waals surface area contributed by atoms with E-state index in [0.29, 0.717) is 0 Å². The minimum atomic E-state index is -0.208. The Hall–Kier alpha value is -2.56. The molecule has 2 aromatic rings. The fraction of sp³-hybridized carbons (Fsp3) is 0.400. The molecule has 2 aliphatic rings. The van der Waals surface area contributed by atoms with Crippen molar-refractivity contribution < 1.29 is 9.53 Å². The molecule has 1 aromatic carbocycles. The Labute approximate surface area is 148 Å². The number of nitrogens with one attached hydrogen (secondary N) is 1. The Morgan fingerprint density at radius 3 is 2.76 bits per heavy atom. The molecular formula is C20H23N3O2. The molecule has 130 valence electrons. The van der Waals surface area contributed by atoms with Crippen LogP contribution in [-0.4, -0.2) is 29.6 Å². The zero-order chi connectivity index (χ0) is 17.3. The maximum Gasteiger partial charge on any atom is 0.217 e. The zero-order valence-corrected chi connectivity index (χ0v) is 14.4. The summed E-state index contributed by atoms with van der Waals surface area (Å²) in [5.41, 5.74) is 2.03. The molecule has 25 heavy (non-hydrogen) atoms. The largest absolute Gasteiger partial charge is 0.487 e. The lowest BCUT2D eigenvalue weighted by molar-refractivity contribution is -0.120. The van der Waals surface area contributed by atoms with Crippen molar-refractivity contribution in [1.29, 1.82) is 0 Å². The molecule has 1 aromatic heterocycles. The van der Waals surface area contributed by atoms with E-state index in [4.69, 9.17) is 4.74 Å². The van der Waals surface area contributed by atoms with Crippen molar-refractivity contribution >= 4 is 11.6 Å². The molecule has 1 unspecified atom stereocenters. The van der Waals surface area contributed by atoms with Crippen LogP contribution in [0, 0.1) is 0 Å². The van der Waals surface area contributed by atoms with E-state index in [9.17, 15) is 4.79 Å². The first-order valence-corrected chi connectivity index (χ1v) is 8.85. The number of amides is 1. The van der Waals surface area contributed by atoms with Gasteiger partial charge < -0.3 is 15.0 Å². The Morgan fingerprint density at radius 1 is 1.24 bits per heavy atom. The molecule has 0 saturated carbocycles. The van der Waals surface area contributed by atoms with E-state index in [1.807, 2.05) is 36.5 Å². The molecule has 4 rings (SSSR count). The van der Waals surface area contributed by atoms with Gasteiger partial charge in [-0.3, -0.25) is 9.78 Å². The molecule has 1 fully saturated rings. The SMILES string of the molecule is CC(=O)NC1CC2(CCN(c3cccnc3)CC2)Oc2ccccc21. The third-order valence-corrected chi connectivity index (χ3v) is 5.26. The number of pyridine rings is 1. The monoisotopic (exact) mass is 337 g/mol. The van der Waals surface area contributed by atoms with E-state index < -0.39 is 0 Å². The first-order valence-electron chi connectivity index (χ1n) is 8.85. The number of hydrogen-bond donors (Lipinski definition) is 1. The minimum Gasteiger partial charge on any atom is -0.487 e. The second kappa shape index (κ2) is 6.39. The second-order valence-electron chi connectivity index (χ2n) is 6.98. The lowest BCUT2D eigenvalue weighted by atomic mass is 9.80. The number of carbonyl (C=O) groups is 1. The van der Waals surface area contributed by atoms with Crippen LogP contribution in [-0.2, 0) is 4.79 Å². The number of fused-ring (bicyclic) bond motifs is 1. The summed E-state index contributed by atoms with van der Waals surface area (Å²) >= 11 is 0. The van der Waals surface area contributed by atoms with Gasteiger partial charge in [0.25, 0.3) is 0 Å². The van der Waals surface area contributed by atoms with Crippen molar-refractivity contribution in [2.24, 2.45) is 0 Å². The van der Waals surface area contributed by atoms with E-state index in [1.165, 1.54) is 0 Å². The Balaban J connectivity index is 1.54. The highest BCUT2D eigenvalue weighted by Gasteiger charge is 2.43. The van der Waals surface area contributed by atoms with E-state index in [2.05, 4.69) is 21.3 Å². The first-order chi connectivity index (χ1) is 12.2. The van der Waals surface area contributed by atoms with Crippen LogP contribution in [0.2, 0.25) is 0 Å². The summed E-state index contributed by atoms with van der Waals surface area (Å²) in [7, 11) is 0. The fourth-order valence-corrected chi connectivity index (χ4v) is 4.01. The predicted molar refractivity (Wildman–Crippen MR) is 96.7 cm³/mol. The van der Waals surface area contributed by atoms with Crippen molar-refractivity contribution in [1.82, 2.24) is 10.3 Å². The number of carbonyl (C=O) groups excluding carboxylic acids is 1. The van der Waals surface area contributed by atoms with Gasteiger partial charge in [0.2, 0.25) is 5.91 Å². The summed E-state index contributed by atoms with van der Waals surface area (Å²) in [5, 5.41) is 3.11. The Bertz CT molecular complexity index is 755. The number of ether oxygens (including phenoxy) is 1. The number of para-hydroxylation sites is 1. The van der Waals surface area contributed by atoms with Crippen LogP contribution in [0.25, 0.3) is 0 Å². The lowest BCUT2D eigenvalue weighted by Crippen LogP contribution is -2.52. The molecule has 3 heterocycles. The van der Waals surface area contributed by atoms with Gasteiger partial charge >= 0.3 is 0 Å². The van der Waals surface area contributed by atoms with Gasteiger partial charge in [-0.05, 0) is 18.2 Å². The molecule has 1 atom stereocenters. The number of hydrogen-bond acceptors (Lipinski definition) is 4. The number of aromatic nitrogens is 1. The van der Waals surface area contributed by atoms with Crippen LogP contribution in [0.5, 0.6) is 5.75 Å². The number of benzene rings is 1. The molecule has 5 heteroatoms.